The Hall–Kier alpha value is -1.43. The zero-order valence-corrected chi connectivity index (χ0v) is 22.5. The number of halogens is 1. The number of hydrogen-bond donors (Lipinski definition) is 0. The van der Waals surface area contributed by atoms with Gasteiger partial charge < -0.3 is 0 Å². The van der Waals surface area contributed by atoms with Gasteiger partial charge in [0, 0.05) is 0 Å². The summed E-state index contributed by atoms with van der Waals surface area (Å²) >= 11 is 0. The molecule has 2 heteroatoms. The van der Waals surface area contributed by atoms with Crippen LogP contribution in [0.4, 0.5) is 0 Å². The average molecular weight is 512 g/mol. The van der Waals surface area contributed by atoms with Crippen LogP contribution in [0.1, 0.15) is 62.1 Å². The Morgan fingerprint density at radius 3 is 1.53 bits per heavy atom. The van der Waals surface area contributed by atoms with E-state index in [2.05, 4.69) is 107 Å². The third-order valence-corrected chi connectivity index (χ3v) is 7.43. The lowest BCUT2D eigenvalue weighted by atomic mass is 9.75. The molecule has 172 valence electrons. The van der Waals surface area contributed by atoms with Gasteiger partial charge in [-0.05, 0) is 53.4 Å². The Labute approximate surface area is 209 Å². The van der Waals surface area contributed by atoms with Crippen molar-refractivity contribution in [2.45, 2.75) is 69.9 Å². The molecule has 0 aliphatic heterocycles. The zero-order chi connectivity index (χ0) is 21.8. The lowest BCUT2D eigenvalue weighted by molar-refractivity contribution is 0.331. The molecule has 0 amide bonds. The highest BCUT2D eigenvalue weighted by atomic mass is 79.9. The first-order valence-corrected chi connectivity index (χ1v) is 12.7. The molecule has 3 aromatic carbocycles. The quantitative estimate of drug-likeness (QED) is 0.159. The smallest absolute Gasteiger partial charge is 0.00385 e. The normalized spacial score (nSPS) is 12.2. The van der Waals surface area contributed by atoms with E-state index in [-0.39, 0.29) is 22.1 Å². The molecule has 0 N–H and O–H groups in total. The van der Waals surface area contributed by atoms with Gasteiger partial charge in [-0.1, -0.05) is 130 Å². The highest BCUT2D eigenvalue weighted by Gasteiger charge is 2.34. The number of rotatable bonds is 13. The number of unbranched alkanes of at least 4 members (excludes halogenated alkanes) is 4. The molecule has 0 aromatic heterocycles. The topological polar surface area (TPSA) is 0 Å². The molecule has 0 saturated heterocycles. The maximum absolute atomic E-state index is 3.36. The Balaban J connectivity index is 0.00000363. The van der Waals surface area contributed by atoms with Crippen molar-refractivity contribution in [1.82, 2.24) is 0 Å². The van der Waals surface area contributed by atoms with E-state index in [1.807, 2.05) is 0 Å². The average Bonchev–Trinajstić information content (AvgIpc) is 2.80. The summed E-state index contributed by atoms with van der Waals surface area (Å²) in [7, 11) is 3.36. The van der Waals surface area contributed by atoms with E-state index in [4.69, 9.17) is 0 Å². The van der Waals surface area contributed by atoms with Gasteiger partial charge in [-0.3, -0.25) is 0 Å². The number of benzene rings is 3. The maximum Gasteiger partial charge on any atom is -0.00385 e. The van der Waals surface area contributed by atoms with Crippen LogP contribution < -0.4 is 0 Å². The second-order valence-electron chi connectivity index (χ2n) is 9.15. The van der Waals surface area contributed by atoms with E-state index < -0.39 is 0 Å². The summed E-state index contributed by atoms with van der Waals surface area (Å²) in [6, 6.07) is 33.3. The van der Waals surface area contributed by atoms with Gasteiger partial charge in [0.1, 0.15) is 0 Å². The van der Waals surface area contributed by atoms with E-state index in [0.29, 0.717) is 5.92 Å². The lowest BCUT2D eigenvalue weighted by Gasteiger charge is -2.39. The fraction of sp³-hybridized carbons (Fsp3) is 0.400. The maximum atomic E-state index is 3.36. The third kappa shape index (κ3) is 8.84. The molecule has 3 aromatic rings. The fourth-order valence-electron chi connectivity index (χ4n) is 4.79. The van der Waals surface area contributed by atoms with Gasteiger partial charge >= 0.3 is 0 Å². The van der Waals surface area contributed by atoms with Crippen LogP contribution in [0.25, 0.3) is 0 Å². The first kappa shape index (κ1) is 26.8. The predicted molar refractivity (Wildman–Crippen MR) is 150 cm³/mol. The van der Waals surface area contributed by atoms with E-state index in [1.165, 1.54) is 55.2 Å². The molecule has 0 heterocycles. The molecule has 0 bridgehead atoms. The summed E-state index contributed by atoms with van der Waals surface area (Å²) in [5.41, 5.74) is 4.35. The van der Waals surface area contributed by atoms with Crippen molar-refractivity contribution in [2.24, 2.45) is 5.92 Å². The van der Waals surface area contributed by atoms with Crippen molar-refractivity contribution in [3.8, 4) is 0 Å². The summed E-state index contributed by atoms with van der Waals surface area (Å²) < 4.78 is 0. The fourth-order valence-corrected chi connectivity index (χ4v) is 5.54. The minimum atomic E-state index is 0. The second-order valence-corrected chi connectivity index (χ2v) is 10.3. The van der Waals surface area contributed by atoms with Gasteiger partial charge in [0.05, 0.1) is 0 Å². The number of hydrogen-bond acceptors (Lipinski definition) is 0. The summed E-state index contributed by atoms with van der Waals surface area (Å²) in [5.74, 6) is 0.627. The van der Waals surface area contributed by atoms with Gasteiger partial charge in [0.15, 0.2) is 0 Å². The Morgan fingerprint density at radius 2 is 1.06 bits per heavy atom. The largest absolute Gasteiger partial charge is 0.130 e. The summed E-state index contributed by atoms with van der Waals surface area (Å²) in [5, 5.41) is 0.142. The van der Waals surface area contributed by atoms with Crippen molar-refractivity contribution >= 4 is 26.2 Å². The highest BCUT2D eigenvalue weighted by molar-refractivity contribution is 8.93. The second kappa shape index (κ2) is 14.7. The molecule has 0 aliphatic rings. The van der Waals surface area contributed by atoms with Gasteiger partial charge in [0.2, 0.25) is 0 Å². The van der Waals surface area contributed by atoms with Crippen LogP contribution in [-0.2, 0) is 19.3 Å². The van der Waals surface area contributed by atoms with Crippen LogP contribution in [0.2, 0.25) is 0 Å². The van der Waals surface area contributed by atoms with Crippen molar-refractivity contribution in [2.75, 3.05) is 0 Å². The van der Waals surface area contributed by atoms with Gasteiger partial charge in [0.25, 0.3) is 0 Å². The van der Waals surface area contributed by atoms with Crippen molar-refractivity contribution in [1.29, 1.82) is 0 Å². The molecule has 0 nitrogen and oxygen atoms in total. The van der Waals surface area contributed by atoms with Crippen LogP contribution in [0.15, 0.2) is 91.0 Å². The monoisotopic (exact) mass is 510 g/mol. The summed E-state index contributed by atoms with van der Waals surface area (Å²) in [4.78, 5) is 0. The molecular formula is C30H40BrP. The summed E-state index contributed by atoms with van der Waals surface area (Å²) in [6.07, 6.45) is 11.4. The van der Waals surface area contributed by atoms with Crippen molar-refractivity contribution in [3.05, 3.63) is 108 Å². The third-order valence-electron chi connectivity index (χ3n) is 6.55. The predicted octanol–water partition coefficient (Wildman–Crippen LogP) is 8.88. The minimum absolute atomic E-state index is 0. The Bertz CT molecular complexity index is 806. The molecule has 0 aliphatic carbocycles. The minimum Gasteiger partial charge on any atom is -0.130 e. The SMILES string of the molecule is Br.CCCCCCCC(Cc1ccccc1)C(P)(Cc1ccccc1)Cc1ccccc1. The molecule has 3 rings (SSSR count). The zero-order valence-electron chi connectivity index (χ0n) is 19.6. The molecule has 32 heavy (non-hydrogen) atoms. The molecule has 0 radical (unpaired) electrons. The van der Waals surface area contributed by atoms with E-state index in [0.717, 1.165) is 19.3 Å². The van der Waals surface area contributed by atoms with Gasteiger partial charge in [-0.25, -0.2) is 0 Å². The summed E-state index contributed by atoms with van der Waals surface area (Å²) in [6.45, 7) is 2.30. The van der Waals surface area contributed by atoms with Crippen LogP contribution in [0, 0.1) is 5.92 Å². The highest BCUT2D eigenvalue weighted by Crippen LogP contribution is 2.40. The molecule has 2 atom stereocenters. The standard InChI is InChI=1S/C30H39P.BrH/c1-2-3-4-5-15-22-29(23-26-16-9-6-10-17-26)30(31,24-27-18-11-7-12-19-27)25-28-20-13-8-14-21-28;/h6-14,16-21,29H,2-5,15,22-25,31H2,1H3;1H. The molecule has 0 spiro atoms. The molecule has 2 unspecified atom stereocenters. The van der Waals surface area contributed by atoms with Crippen LogP contribution in [0.5, 0.6) is 0 Å². The van der Waals surface area contributed by atoms with E-state index >= 15 is 0 Å². The first-order valence-electron chi connectivity index (χ1n) is 12.1. The molecule has 0 saturated carbocycles. The van der Waals surface area contributed by atoms with Gasteiger partial charge in [-0.2, -0.15) is 0 Å². The lowest BCUT2D eigenvalue weighted by Crippen LogP contribution is -2.38. The van der Waals surface area contributed by atoms with E-state index in [9.17, 15) is 0 Å². The Morgan fingerprint density at radius 1 is 0.625 bits per heavy atom. The van der Waals surface area contributed by atoms with Crippen LogP contribution >= 0.6 is 26.2 Å². The molecule has 0 fully saturated rings. The van der Waals surface area contributed by atoms with Crippen molar-refractivity contribution in [3.63, 3.8) is 0 Å². The van der Waals surface area contributed by atoms with E-state index in [1.54, 1.807) is 0 Å². The Kier molecular flexibility index (Phi) is 12.3. The van der Waals surface area contributed by atoms with Crippen molar-refractivity contribution < 1.29 is 0 Å². The van der Waals surface area contributed by atoms with Gasteiger partial charge in [-0.15, -0.1) is 26.2 Å². The van der Waals surface area contributed by atoms with Crippen LogP contribution in [-0.4, -0.2) is 5.16 Å². The van der Waals surface area contributed by atoms with Crippen LogP contribution in [0.3, 0.4) is 0 Å². The molecular weight excluding hydrogens is 471 g/mol. The first-order chi connectivity index (χ1) is 15.2.